The van der Waals surface area contributed by atoms with Crippen LogP contribution in [-0.2, 0) is 26.5 Å². The zero-order valence-corrected chi connectivity index (χ0v) is 18.5. The molecule has 0 saturated heterocycles. The molecule has 0 heterocycles. The van der Waals surface area contributed by atoms with Gasteiger partial charge in [-0.2, -0.15) is 36.4 Å². The Kier molecular flexibility index (Phi) is 39.8. The Labute approximate surface area is 169 Å². The molecule has 0 spiro atoms. The summed E-state index contributed by atoms with van der Waals surface area (Å²) in [6.07, 6.45) is -0.500. The molecule has 0 aliphatic heterocycles. The molecule has 0 aliphatic carbocycles. The Bertz CT molecular complexity index is 279. The van der Waals surface area contributed by atoms with E-state index in [9.17, 15) is 4.79 Å². The largest absolute Gasteiger partial charge is 0.481 e. The van der Waals surface area contributed by atoms with Crippen molar-refractivity contribution in [1.82, 2.24) is 0 Å². The Morgan fingerprint density at radius 1 is 0.720 bits per heavy atom. The molecule has 0 fully saturated rings. The summed E-state index contributed by atoms with van der Waals surface area (Å²) >= 11 is 0. The molecule has 0 atom stereocenters. The van der Waals surface area contributed by atoms with Crippen LogP contribution in [0, 0.1) is 12.0 Å². The monoisotopic (exact) mass is 393 g/mol. The van der Waals surface area contributed by atoms with E-state index in [-0.39, 0.29) is 45.9 Å². The summed E-state index contributed by atoms with van der Waals surface area (Å²) in [4.78, 5) is 9.70. The standard InChI is InChI=1S/C6H5.C4H8O2.3C3H8O.Ti/c1-2-4-6-5-3-1;1-3(2)4(5)6;3*1-3(2)4;/h1-5H;3H,1-2H3,(H,5,6);3*3-4H,1-2H3;/q-1;;;;;. The van der Waals surface area contributed by atoms with Gasteiger partial charge >= 0.3 is 5.97 Å². The summed E-state index contributed by atoms with van der Waals surface area (Å²) in [5.41, 5.74) is 0. The second kappa shape index (κ2) is 28.1. The van der Waals surface area contributed by atoms with Crippen LogP contribution in [0.1, 0.15) is 55.4 Å². The van der Waals surface area contributed by atoms with Crippen molar-refractivity contribution in [2.45, 2.75) is 73.7 Å². The van der Waals surface area contributed by atoms with Gasteiger partial charge in [0.2, 0.25) is 0 Å². The van der Waals surface area contributed by atoms with E-state index in [1.807, 2.05) is 30.3 Å². The van der Waals surface area contributed by atoms with Gasteiger partial charge in [0, 0.05) is 40.0 Å². The van der Waals surface area contributed by atoms with Crippen molar-refractivity contribution < 1.29 is 46.9 Å². The maximum absolute atomic E-state index is 9.70. The van der Waals surface area contributed by atoms with E-state index in [2.05, 4.69) is 6.07 Å². The van der Waals surface area contributed by atoms with Crippen molar-refractivity contribution in [2.75, 3.05) is 0 Å². The summed E-state index contributed by atoms with van der Waals surface area (Å²) in [5, 5.41) is 32.2. The van der Waals surface area contributed by atoms with Gasteiger partial charge in [0.25, 0.3) is 0 Å². The van der Waals surface area contributed by atoms with Gasteiger partial charge in [-0.15, -0.1) is 0 Å². The Morgan fingerprint density at radius 2 is 0.920 bits per heavy atom. The summed E-state index contributed by atoms with van der Waals surface area (Å²) in [5.74, 6) is -0.972. The fraction of sp³-hybridized carbons (Fsp3) is 0.632. The van der Waals surface area contributed by atoms with Gasteiger partial charge in [0.05, 0.1) is 5.92 Å². The molecule has 0 radical (unpaired) electrons. The first-order valence-corrected chi connectivity index (χ1v) is 8.02. The molecule has 0 unspecified atom stereocenters. The summed E-state index contributed by atoms with van der Waals surface area (Å²) in [7, 11) is 0. The van der Waals surface area contributed by atoms with Crippen LogP contribution in [0.2, 0.25) is 0 Å². The molecule has 1 rings (SSSR count). The quantitative estimate of drug-likeness (QED) is 0.433. The molecule has 0 bridgehead atoms. The SMILES string of the molecule is CC(C)C(=O)O.CC(C)O.CC(C)O.CC(C)O.[Ti].[c-]1ccccc1. The summed E-state index contributed by atoms with van der Waals surface area (Å²) in [6, 6.07) is 12.5. The molecule has 5 nitrogen and oxygen atoms in total. The van der Waals surface area contributed by atoms with Crippen LogP contribution in [0.5, 0.6) is 0 Å². The van der Waals surface area contributed by atoms with Gasteiger partial charge in [-0.05, 0) is 41.5 Å². The molecule has 0 saturated carbocycles. The number of carboxylic acid groups (broad SMARTS) is 1. The van der Waals surface area contributed by atoms with Crippen LogP contribution >= 0.6 is 0 Å². The number of aliphatic hydroxyl groups is 3. The number of rotatable bonds is 1. The molecule has 0 aromatic heterocycles. The molecule has 148 valence electrons. The normalized spacial score (nSPS) is 8.44. The second-order valence-electron chi connectivity index (χ2n) is 5.85. The van der Waals surface area contributed by atoms with Gasteiger partial charge < -0.3 is 20.4 Å². The molecule has 0 amide bonds. The van der Waals surface area contributed by atoms with Crippen molar-refractivity contribution in [3.8, 4) is 0 Å². The third kappa shape index (κ3) is 122. The number of aliphatic hydroxyl groups excluding tert-OH is 3. The van der Waals surface area contributed by atoms with Crippen molar-refractivity contribution in [3.63, 3.8) is 0 Å². The van der Waals surface area contributed by atoms with Crippen LogP contribution in [-0.4, -0.2) is 44.7 Å². The molecule has 4 N–H and O–H groups in total. The van der Waals surface area contributed by atoms with E-state index in [1.54, 1.807) is 55.4 Å². The average molecular weight is 393 g/mol. The van der Waals surface area contributed by atoms with E-state index in [4.69, 9.17) is 20.4 Å². The Morgan fingerprint density at radius 3 is 0.960 bits per heavy atom. The van der Waals surface area contributed by atoms with E-state index in [1.165, 1.54) is 0 Å². The summed E-state index contributed by atoms with van der Waals surface area (Å²) in [6.45, 7) is 13.6. The number of hydrogen-bond donors (Lipinski definition) is 4. The van der Waals surface area contributed by atoms with Crippen LogP contribution < -0.4 is 0 Å². The minimum atomic E-state index is -0.741. The molecular weight excluding hydrogens is 356 g/mol. The molecule has 25 heavy (non-hydrogen) atoms. The van der Waals surface area contributed by atoms with Gasteiger partial charge in [0.1, 0.15) is 0 Å². The number of benzene rings is 1. The van der Waals surface area contributed by atoms with Crippen LogP contribution in [0.15, 0.2) is 30.3 Å². The third-order valence-electron chi connectivity index (χ3n) is 1.10. The number of hydrogen-bond acceptors (Lipinski definition) is 4. The van der Waals surface area contributed by atoms with Gasteiger partial charge in [0.15, 0.2) is 0 Å². The van der Waals surface area contributed by atoms with Gasteiger partial charge in [-0.25, -0.2) is 0 Å². The van der Waals surface area contributed by atoms with Crippen LogP contribution in [0.3, 0.4) is 0 Å². The van der Waals surface area contributed by atoms with Crippen molar-refractivity contribution in [3.05, 3.63) is 36.4 Å². The van der Waals surface area contributed by atoms with Crippen molar-refractivity contribution in [1.29, 1.82) is 0 Å². The van der Waals surface area contributed by atoms with E-state index < -0.39 is 5.97 Å². The van der Waals surface area contributed by atoms with Gasteiger partial charge in [-0.3, -0.25) is 4.79 Å². The Hall–Kier alpha value is -0.716. The second-order valence-corrected chi connectivity index (χ2v) is 5.85. The predicted octanol–water partition coefficient (Wildman–Crippen LogP) is 3.37. The molecule has 1 aromatic carbocycles. The smallest absolute Gasteiger partial charge is 0.305 e. The van der Waals surface area contributed by atoms with Gasteiger partial charge in [-0.1, -0.05) is 13.8 Å². The predicted molar refractivity (Wildman–Crippen MR) is 99.8 cm³/mol. The maximum Gasteiger partial charge on any atom is 0.305 e. The molecule has 0 aliphatic rings. The first-order valence-electron chi connectivity index (χ1n) is 8.02. The van der Waals surface area contributed by atoms with E-state index >= 15 is 0 Å². The molecular formula is C19H37O5Ti-. The van der Waals surface area contributed by atoms with Crippen LogP contribution in [0.4, 0.5) is 0 Å². The summed E-state index contributed by atoms with van der Waals surface area (Å²) < 4.78 is 0. The number of carboxylic acids is 1. The fourth-order valence-corrected chi connectivity index (χ4v) is 0.342. The minimum Gasteiger partial charge on any atom is -0.481 e. The first kappa shape index (κ1) is 35.4. The zero-order chi connectivity index (χ0) is 20.1. The third-order valence-corrected chi connectivity index (χ3v) is 1.10. The molecule has 6 heteroatoms. The van der Waals surface area contributed by atoms with Crippen LogP contribution in [0.25, 0.3) is 0 Å². The maximum atomic E-state index is 9.70. The Balaban J connectivity index is -0.0000000672. The topological polar surface area (TPSA) is 98.0 Å². The minimum absolute atomic E-state index is 0. The molecule has 1 aromatic rings. The van der Waals surface area contributed by atoms with E-state index in [0.717, 1.165) is 0 Å². The van der Waals surface area contributed by atoms with Crippen molar-refractivity contribution >= 4 is 5.97 Å². The zero-order valence-electron chi connectivity index (χ0n) is 16.9. The fourth-order valence-electron chi connectivity index (χ4n) is 0.342. The number of carbonyl (C=O) groups is 1. The van der Waals surface area contributed by atoms with E-state index in [0.29, 0.717) is 0 Å². The average Bonchev–Trinajstić information content (AvgIpc) is 2.39. The first-order chi connectivity index (χ1) is 10.8. The van der Waals surface area contributed by atoms with Crippen molar-refractivity contribution in [2.24, 2.45) is 5.92 Å². The number of aliphatic carboxylic acids is 1.